The van der Waals surface area contributed by atoms with E-state index in [2.05, 4.69) is 38.4 Å². The van der Waals surface area contributed by atoms with Crippen LogP contribution in [0.3, 0.4) is 0 Å². The molecule has 0 aromatic heterocycles. The Bertz CT molecular complexity index is 352. The molecule has 0 atom stereocenters. The van der Waals surface area contributed by atoms with Gasteiger partial charge in [0.15, 0.2) is 5.17 Å². The van der Waals surface area contributed by atoms with Crippen LogP contribution in [0.15, 0.2) is 33.7 Å². The largest absolute Gasteiger partial charge is 0.361 e. The monoisotopic (exact) mass is 270 g/mol. The highest BCUT2D eigenvalue weighted by Crippen LogP contribution is 2.13. The van der Waals surface area contributed by atoms with Gasteiger partial charge in [0, 0.05) is 16.8 Å². The normalized spacial score (nSPS) is 15.4. The van der Waals surface area contributed by atoms with E-state index in [-0.39, 0.29) is 0 Å². The van der Waals surface area contributed by atoms with E-state index >= 15 is 0 Å². The van der Waals surface area contributed by atoms with Crippen molar-refractivity contribution in [2.75, 3.05) is 12.3 Å². The Kier molecular flexibility index (Phi) is 3.48. The molecule has 1 aliphatic rings. The van der Waals surface area contributed by atoms with Crippen LogP contribution in [0.1, 0.15) is 5.56 Å². The molecule has 14 heavy (non-hydrogen) atoms. The van der Waals surface area contributed by atoms with Crippen LogP contribution >= 0.6 is 27.7 Å². The predicted molar refractivity (Wildman–Crippen MR) is 65.7 cm³/mol. The summed E-state index contributed by atoms with van der Waals surface area (Å²) in [6, 6.07) is 8.31. The van der Waals surface area contributed by atoms with Crippen LogP contribution in [0.4, 0.5) is 0 Å². The van der Waals surface area contributed by atoms with Crippen LogP contribution < -0.4 is 5.32 Å². The number of hydrogen-bond donors (Lipinski definition) is 1. The summed E-state index contributed by atoms with van der Waals surface area (Å²) < 4.78 is 1.12. The summed E-state index contributed by atoms with van der Waals surface area (Å²) in [7, 11) is 0. The second-order valence-corrected chi connectivity index (χ2v) is 5.02. The summed E-state index contributed by atoms with van der Waals surface area (Å²) >= 11 is 5.25. The number of aliphatic imine (C=N–C) groups is 1. The number of thioether (sulfide) groups is 1. The van der Waals surface area contributed by atoms with Crippen molar-refractivity contribution in [1.82, 2.24) is 5.32 Å². The first-order valence-corrected chi connectivity index (χ1v) is 6.28. The summed E-state index contributed by atoms with van der Waals surface area (Å²) in [6.45, 7) is 1.80. The van der Waals surface area contributed by atoms with Crippen molar-refractivity contribution >= 4 is 32.9 Å². The first kappa shape index (κ1) is 10.1. The van der Waals surface area contributed by atoms with Gasteiger partial charge >= 0.3 is 0 Å². The number of benzene rings is 1. The molecule has 1 N–H and O–H groups in total. The molecule has 1 aromatic carbocycles. The molecular weight excluding hydrogens is 260 g/mol. The third-order valence-corrected chi connectivity index (χ3v) is 3.35. The zero-order valence-electron chi connectivity index (χ0n) is 7.66. The number of halogens is 1. The van der Waals surface area contributed by atoms with Gasteiger partial charge in [-0.2, -0.15) is 0 Å². The van der Waals surface area contributed by atoms with E-state index in [1.165, 1.54) is 5.56 Å². The van der Waals surface area contributed by atoms with Gasteiger partial charge in [0.25, 0.3) is 0 Å². The van der Waals surface area contributed by atoms with Gasteiger partial charge in [0.05, 0.1) is 6.54 Å². The zero-order chi connectivity index (χ0) is 9.80. The maximum atomic E-state index is 4.33. The number of nitrogens with zero attached hydrogens (tertiary/aromatic N) is 1. The second-order valence-electron chi connectivity index (χ2n) is 3.02. The first-order valence-electron chi connectivity index (χ1n) is 4.50. The minimum atomic E-state index is 0.852. The van der Waals surface area contributed by atoms with Gasteiger partial charge in [-0.25, -0.2) is 0 Å². The van der Waals surface area contributed by atoms with E-state index < -0.39 is 0 Å². The van der Waals surface area contributed by atoms with Gasteiger partial charge in [-0.15, -0.1) is 0 Å². The molecule has 0 unspecified atom stereocenters. The van der Waals surface area contributed by atoms with Crippen LogP contribution in [-0.2, 0) is 6.54 Å². The summed E-state index contributed by atoms with van der Waals surface area (Å²) in [5, 5.41) is 4.39. The number of amidine groups is 1. The standard InChI is InChI=1S/C10H11BrN2S/c11-9-3-1-2-8(6-9)7-13-10-12-4-5-14-10/h1-3,6H,4-5,7H2,(H,12,13). The molecule has 2 nitrogen and oxygen atoms in total. The van der Waals surface area contributed by atoms with E-state index in [4.69, 9.17) is 0 Å². The molecular formula is C10H11BrN2S. The van der Waals surface area contributed by atoms with Gasteiger partial charge in [-0.1, -0.05) is 39.8 Å². The fraction of sp³-hybridized carbons (Fsp3) is 0.300. The van der Waals surface area contributed by atoms with E-state index in [1.54, 1.807) is 11.8 Å². The Morgan fingerprint density at radius 3 is 3.14 bits per heavy atom. The lowest BCUT2D eigenvalue weighted by atomic mass is 10.2. The number of nitrogens with one attached hydrogen (secondary N) is 1. The fourth-order valence-corrected chi connectivity index (χ4v) is 2.45. The highest BCUT2D eigenvalue weighted by molar-refractivity contribution is 9.10. The first-order chi connectivity index (χ1) is 6.84. The summed E-state index contributed by atoms with van der Waals surface area (Å²) in [5.41, 5.74) is 1.27. The fourth-order valence-electron chi connectivity index (χ4n) is 1.27. The molecule has 0 aliphatic carbocycles. The quantitative estimate of drug-likeness (QED) is 0.894. The van der Waals surface area contributed by atoms with Crippen molar-refractivity contribution in [2.45, 2.75) is 6.54 Å². The average Bonchev–Trinajstić information content (AvgIpc) is 2.67. The highest BCUT2D eigenvalue weighted by Gasteiger charge is 2.05. The lowest BCUT2D eigenvalue weighted by Crippen LogP contribution is -2.17. The molecule has 2 rings (SSSR count). The van der Waals surface area contributed by atoms with E-state index in [0.29, 0.717) is 0 Å². The smallest absolute Gasteiger partial charge is 0.156 e. The number of rotatable bonds is 2. The van der Waals surface area contributed by atoms with Crippen molar-refractivity contribution in [1.29, 1.82) is 0 Å². The molecule has 0 spiro atoms. The zero-order valence-corrected chi connectivity index (χ0v) is 10.1. The molecule has 4 heteroatoms. The Labute approximate surface area is 96.3 Å². The summed E-state index contributed by atoms with van der Waals surface area (Å²) in [6.07, 6.45) is 0. The van der Waals surface area contributed by atoms with Crippen molar-refractivity contribution in [3.8, 4) is 0 Å². The molecule has 0 amide bonds. The maximum absolute atomic E-state index is 4.33. The van der Waals surface area contributed by atoms with E-state index in [9.17, 15) is 0 Å². The van der Waals surface area contributed by atoms with Crippen LogP contribution in [-0.4, -0.2) is 17.5 Å². The van der Waals surface area contributed by atoms with Crippen molar-refractivity contribution < 1.29 is 0 Å². The second kappa shape index (κ2) is 4.84. The van der Waals surface area contributed by atoms with E-state index in [1.807, 2.05) is 12.1 Å². The van der Waals surface area contributed by atoms with Gasteiger partial charge in [-0.3, -0.25) is 4.99 Å². The summed E-state index contributed by atoms with van der Waals surface area (Å²) in [5.74, 6) is 1.11. The molecule has 74 valence electrons. The third kappa shape index (κ3) is 2.75. The molecule has 0 fully saturated rings. The van der Waals surface area contributed by atoms with Crippen LogP contribution in [0.2, 0.25) is 0 Å². The molecule has 0 bridgehead atoms. The minimum Gasteiger partial charge on any atom is -0.361 e. The lowest BCUT2D eigenvalue weighted by molar-refractivity contribution is 0.922. The number of hydrogen-bond acceptors (Lipinski definition) is 3. The summed E-state index contributed by atoms with van der Waals surface area (Å²) in [4.78, 5) is 4.33. The van der Waals surface area contributed by atoms with Gasteiger partial charge in [-0.05, 0) is 17.7 Å². The van der Waals surface area contributed by atoms with Crippen LogP contribution in [0.5, 0.6) is 0 Å². The molecule has 0 saturated heterocycles. The maximum Gasteiger partial charge on any atom is 0.156 e. The molecule has 1 heterocycles. The van der Waals surface area contributed by atoms with Gasteiger partial charge in [0.2, 0.25) is 0 Å². The highest BCUT2D eigenvalue weighted by atomic mass is 79.9. The predicted octanol–water partition coefficient (Wildman–Crippen LogP) is 2.64. The van der Waals surface area contributed by atoms with Crippen molar-refractivity contribution in [2.24, 2.45) is 4.99 Å². The molecule has 0 radical (unpaired) electrons. The SMILES string of the molecule is Brc1cccc(CNC2=NCCS2)c1. The Morgan fingerprint density at radius 2 is 2.43 bits per heavy atom. The van der Waals surface area contributed by atoms with Crippen LogP contribution in [0.25, 0.3) is 0 Å². The third-order valence-electron chi connectivity index (χ3n) is 1.92. The minimum absolute atomic E-state index is 0.852. The average molecular weight is 271 g/mol. The Hall–Kier alpha value is -0.480. The lowest BCUT2D eigenvalue weighted by Gasteiger charge is -2.05. The van der Waals surface area contributed by atoms with Crippen molar-refractivity contribution in [3.05, 3.63) is 34.3 Å². The van der Waals surface area contributed by atoms with Gasteiger partial charge in [0.1, 0.15) is 0 Å². The Balaban J connectivity index is 1.91. The molecule has 0 saturated carbocycles. The van der Waals surface area contributed by atoms with Crippen LogP contribution in [0, 0.1) is 0 Å². The molecule has 1 aliphatic heterocycles. The Morgan fingerprint density at radius 1 is 1.50 bits per heavy atom. The van der Waals surface area contributed by atoms with Gasteiger partial charge < -0.3 is 5.32 Å². The molecule has 1 aromatic rings. The van der Waals surface area contributed by atoms with E-state index in [0.717, 1.165) is 28.5 Å². The topological polar surface area (TPSA) is 24.4 Å². The van der Waals surface area contributed by atoms with Crippen molar-refractivity contribution in [3.63, 3.8) is 0 Å².